The number of benzene rings is 1. The maximum absolute atomic E-state index is 10.5. The molecule has 82 valence electrons. The molecule has 0 aliphatic rings. The van der Waals surface area contributed by atoms with Gasteiger partial charge < -0.3 is 4.79 Å². The third-order valence-electron chi connectivity index (χ3n) is 1.72. The second-order valence-corrected chi connectivity index (χ2v) is 3.87. The van der Waals surface area contributed by atoms with Crippen molar-refractivity contribution in [1.82, 2.24) is 0 Å². The Balaban J connectivity index is 2.88. The summed E-state index contributed by atoms with van der Waals surface area (Å²) in [6.07, 6.45) is -0.578. The fourth-order valence-corrected chi connectivity index (χ4v) is 1.62. The lowest BCUT2D eigenvalue weighted by Crippen LogP contribution is -2.11. The first-order chi connectivity index (χ1) is 7.03. The van der Waals surface area contributed by atoms with Crippen LogP contribution in [0.3, 0.4) is 0 Å². The summed E-state index contributed by atoms with van der Waals surface area (Å²) in [5, 5.41) is 0. The molecule has 0 spiro atoms. The largest absolute Gasteiger partial charge is 0.397 e. The number of aldehydes is 1. The first-order valence-corrected chi connectivity index (χ1v) is 5.53. The molecule has 6 heteroatoms. The molecule has 0 saturated carbocycles. The topological polar surface area (TPSA) is 80.7 Å². The monoisotopic (exact) mass is 230 g/mol. The summed E-state index contributed by atoms with van der Waals surface area (Å²) in [7, 11) is -4.55. The van der Waals surface area contributed by atoms with Crippen LogP contribution < -0.4 is 0 Å². The number of rotatable bonds is 5. The Bertz CT molecular complexity index is 411. The average Bonchev–Trinajstić information content (AvgIpc) is 2.17. The molecular weight excluding hydrogens is 220 g/mol. The molecule has 1 unspecified atom stereocenters. The lowest BCUT2D eigenvalue weighted by Gasteiger charge is -2.12. The van der Waals surface area contributed by atoms with E-state index < -0.39 is 16.5 Å². The molecule has 0 amide bonds. The zero-order chi connectivity index (χ0) is 11.3. The van der Waals surface area contributed by atoms with Gasteiger partial charge in [-0.25, -0.2) is 4.18 Å². The predicted molar refractivity (Wildman–Crippen MR) is 52.5 cm³/mol. The molecule has 1 aromatic carbocycles. The Morgan fingerprint density at radius 2 is 1.93 bits per heavy atom. The summed E-state index contributed by atoms with van der Waals surface area (Å²) in [5.74, 6) is 0. The third kappa shape index (κ3) is 4.20. The van der Waals surface area contributed by atoms with E-state index in [1.807, 2.05) is 0 Å². The van der Waals surface area contributed by atoms with E-state index in [-0.39, 0.29) is 6.42 Å². The van der Waals surface area contributed by atoms with E-state index in [4.69, 9.17) is 4.55 Å². The predicted octanol–water partition coefficient (Wildman–Crippen LogP) is 1.14. The van der Waals surface area contributed by atoms with Crippen LogP contribution in [-0.2, 0) is 19.4 Å². The van der Waals surface area contributed by atoms with E-state index >= 15 is 0 Å². The van der Waals surface area contributed by atoms with Gasteiger partial charge in [0.1, 0.15) is 12.4 Å². The zero-order valence-electron chi connectivity index (χ0n) is 7.74. The van der Waals surface area contributed by atoms with Crippen molar-refractivity contribution in [3.05, 3.63) is 35.9 Å². The highest BCUT2D eigenvalue weighted by atomic mass is 32.3. The molecule has 0 bridgehead atoms. The lowest BCUT2D eigenvalue weighted by atomic mass is 10.1. The molecule has 0 fully saturated rings. The van der Waals surface area contributed by atoms with Gasteiger partial charge in [0.15, 0.2) is 0 Å². The summed E-state index contributed by atoms with van der Waals surface area (Å²) < 4.78 is 33.9. The van der Waals surface area contributed by atoms with Gasteiger partial charge in [-0.1, -0.05) is 30.3 Å². The van der Waals surface area contributed by atoms with Gasteiger partial charge in [0.25, 0.3) is 0 Å². The second-order valence-electron chi connectivity index (χ2n) is 2.83. The van der Waals surface area contributed by atoms with E-state index in [9.17, 15) is 13.2 Å². The van der Waals surface area contributed by atoms with E-state index in [1.165, 1.54) is 0 Å². The highest BCUT2D eigenvalue weighted by molar-refractivity contribution is 7.80. The second kappa shape index (κ2) is 5.01. The van der Waals surface area contributed by atoms with Crippen molar-refractivity contribution in [2.45, 2.75) is 12.5 Å². The van der Waals surface area contributed by atoms with Crippen molar-refractivity contribution in [1.29, 1.82) is 0 Å². The summed E-state index contributed by atoms with van der Waals surface area (Å²) in [6, 6.07) is 8.33. The van der Waals surface area contributed by atoms with Gasteiger partial charge in [0, 0.05) is 6.42 Å². The van der Waals surface area contributed by atoms with Crippen molar-refractivity contribution < 1.29 is 21.9 Å². The van der Waals surface area contributed by atoms with Gasteiger partial charge in [-0.2, -0.15) is 8.42 Å². The van der Waals surface area contributed by atoms with Gasteiger partial charge in [0.05, 0.1) is 0 Å². The van der Waals surface area contributed by atoms with Gasteiger partial charge in [-0.3, -0.25) is 4.55 Å². The third-order valence-corrected chi connectivity index (χ3v) is 2.19. The van der Waals surface area contributed by atoms with Gasteiger partial charge in [-0.05, 0) is 5.56 Å². The summed E-state index contributed by atoms with van der Waals surface area (Å²) in [5.41, 5.74) is 0.516. The van der Waals surface area contributed by atoms with E-state index in [0.29, 0.717) is 11.8 Å². The molecule has 1 rings (SSSR count). The quantitative estimate of drug-likeness (QED) is 0.606. The molecular formula is C9H10O5S. The first-order valence-electron chi connectivity index (χ1n) is 4.17. The normalized spacial score (nSPS) is 13.4. The van der Waals surface area contributed by atoms with Crippen LogP contribution in [0, 0.1) is 0 Å². The van der Waals surface area contributed by atoms with Crippen molar-refractivity contribution in [2.75, 3.05) is 0 Å². The molecule has 1 atom stereocenters. The molecule has 0 heterocycles. The van der Waals surface area contributed by atoms with E-state index in [0.717, 1.165) is 0 Å². The minimum Gasteiger partial charge on any atom is -0.303 e. The number of hydrogen-bond donors (Lipinski definition) is 1. The molecule has 15 heavy (non-hydrogen) atoms. The average molecular weight is 230 g/mol. The Morgan fingerprint density at radius 3 is 2.40 bits per heavy atom. The van der Waals surface area contributed by atoms with Crippen LogP contribution in [-0.4, -0.2) is 19.3 Å². The molecule has 0 aromatic heterocycles. The SMILES string of the molecule is O=CCC(OS(=O)(=O)O)c1ccccc1. The molecule has 0 saturated heterocycles. The maximum atomic E-state index is 10.5. The Kier molecular flexibility index (Phi) is 3.96. The fourth-order valence-electron chi connectivity index (χ4n) is 1.13. The van der Waals surface area contributed by atoms with Gasteiger partial charge in [-0.15, -0.1) is 0 Å². The molecule has 0 aliphatic carbocycles. The lowest BCUT2D eigenvalue weighted by molar-refractivity contribution is -0.109. The van der Waals surface area contributed by atoms with Crippen LogP contribution in [0.5, 0.6) is 0 Å². The van der Waals surface area contributed by atoms with E-state index in [1.54, 1.807) is 30.3 Å². The molecule has 1 aromatic rings. The molecule has 0 aliphatic heterocycles. The van der Waals surface area contributed by atoms with Crippen LogP contribution in [0.25, 0.3) is 0 Å². The Hall–Kier alpha value is -1.24. The smallest absolute Gasteiger partial charge is 0.303 e. The number of carbonyl (C=O) groups excluding carboxylic acids is 1. The Labute approximate surface area is 87.6 Å². The maximum Gasteiger partial charge on any atom is 0.397 e. The molecule has 1 N–H and O–H groups in total. The first kappa shape index (κ1) is 11.8. The fraction of sp³-hybridized carbons (Fsp3) is 0.222. The van der Waals surface area contributed by atoms with Crippen LogP contribution in [0.4, 0.5) is 0 Å². The minimum absolute atomic E-state index is 0.135. The van der Waals surface area contributed by atoms with Crippen molar-refractivity contribution in [2.24, 2.45) is 0 Å². The number of hydrogen-bond acceptors (Lipinski definition) is 4. The van der Waals surface area contributed by atoms with Crippen LogP contribution in [0.1, 0.15) is 18.1 Å². The van der Waals surface area contributed by atoms with Crippen LogP contribution in [0.2, 0.25) is 0 Å². The number of carbonyl (C=O) groups is 1. The highest BCUT2D eigenvalue weighted by Gasteiger charge is 2.18. The Morgan fingerprint density at radius 1 is 1.33 bits per heavy atom. The summed E-state index contributed by atoms with van der Waals surface area (Å²) in [6.45, 7) is 0. The van der Waals surface area contributed by atoms with Crippen molar-refractivity contribution in [3.8, 4) is 0 Å². The molecule has 5 nitrogen and oxygen atoms in total. The van der Waals surface area contributed by atoms with E-state index in [2.05, 4.69) is 4.18 Å². The summed E-state index contributed by atoms with van der Waals surface area (Å²) >= 11 is 0. The van der Waals surface area contributed by atoms with Crippen LogP contribution in [0.15, 0.2) is 30.3 Å². The zero-order valence-corrected chi connectivity index (χ0v) is 8.55. The summed E-state index contributed by atoms with van der Waals surface area (Å²) in [4.78, 5) is 10.3. The molecule has 0 radical (unpaired) electrons. The van der Waals surface area contributed by atoms with Gasteiger partial charge in [0.2, 0.25) is 0 Å². The van der Waals surface area contributed by atoms with Crippen molar-refractivity contribution >= 4 is 16.7 Å². The highest BCUT2D eigenvalue weighted by Crippen LogP contribution is 2.21. The van der Waals surface area contributed by atoms with Crippen molar-refractivity contribution in [3.63, 3.8) is 0 Å². The standard InChI is InChI=1S/C9H10O5S/c10-7-6-9(14-15(11,12)13)8-4-2-1-3-5-8/h1-5,7,9H,6H2,(H,11,12,13). The van der Waals surface area contributed by atoms with Gasteiger partial charge >= 0.3 is 10.4 Å². The minimum atomic E-state index is -4.55. The van der Waals surface area contributed by atoms with Crippen LogP contribution >= 0.6 is 0 Å².